The third-order valence-corrected chi connectivity index (χ3v) is 6.39. The van der Waals surface area contributed by atoms with Crippen LogP contribution in [-0.2, 0) is 4.79 Å². The van der Waals surface area contributed by atoms with Crippen molar-refractivity contribution < 1.29 is 4.79 Å². The molecule has 5 heteroatoms. The Morgan fingerprint density at radius 1 is 1.17 bits per heavy atom. The van der Waals surface area contributed by atoms with E-state index in [0.29, 0.717) is 35.7 Å². The highest BCUT2D eigenvalue weighted by molar-refractivity contribution is 5.85. The first-order chi connectivity index (χ1) is 11.0. The van der Waals surface area contributed by atoms with Gasteiger partial charge in [0.05, 0.1) is 0 Å². The van der Waals surface area contributed by atoms with Gasteiger partial charge in [-0.05, 0) is 62.8 Å². The number of nitrogens with zero attached hydrogens (tertiary/aromatic N) is 1. The molecule has 1 amide bonds. The highest BCUT2D eigenvalue weighted by Crippen LogP contribution is 2.41. The van der Waals surface area contributed by atoms with Gasteiger partial charge in [0.1, 0.15) is 0 Å². The van der Waals surface area contributed by atoms with Crippen molar-refractivity contribution in [3.05, 3.63) is 0 Å². The number of nitrogens with one attached hydrogen (secondary N) is 1. The third kappa shape index (κ3) is 4.64. The number of nitrogens with two attached hydrogens (primary N) is 1. The molecule has 2 unspecified atom stereocenters. The standard InChI is InChI=1S/C19H35N3O.ClH/c1-13(2)12-22-8-4-7-17(22)11-21-19(23)16-9-14-5-3-6-15(10-16)18(14)20;/h13-18H,3-12,20H2,1-2H3,(H,21,23);1H/t14?,15?,16?,17-,18?;/m1./s1. The number of halogens is 1. The molecule has 1 aliphatic heterocycles. The molecular formula is C19H36ClN3O. The van der Waals surface area contributed by atoms with Crippen LogP contribution in [0.25, 0.3) is 0 Å². The maximum Gasteiger partial charge on any atom is 0.223 e. The molecule has 0 aromatic rings. The molecular weight excluding hydrogens is 322 g/mol. The van der Waals surface area contributed by atoms with Crippen LogP contribution < -0.4 is 11.1 Å². The van der Waals surface area contributed by atoms with Gasteiger partial charge in [0.25, 0.3) is 0 Å². The maximum atomic E-state index is 12.7. The summed E-state index contributed by atoms with van der Waals surface area (Å²) in [6.45, 7) is 7.74. The molecule has 0 radical (unpaired) electrons. The molecule has 0 aromatic heterocycles. The first-order valence-electron chi connectivity index (χ1n) is 9.82. The lowest BCUT2D eigenvalue weighted by Crippen LogP contribution is -2.50. The number of hydrogen-bond donors (Lipinski definition) is 2. The minimum atomic E-state index is 0. The van der Waals surface area contributed by atoms with E-state index in [1.165, 1.54) is 38.6 Å². The highest BCUT2D eigenvalue weighted by atomic mass is 35.5. The number of carbonyl (C=O) groups excluding carboxylic acids is 1. The summed E-state index contributed by atoms with van der Waals surface area (Å²) in [5.41, 5.74) is 6.35. The Hall–Kier alpha value is -0.320. The van der Waals surface area contributed by atoms with E-state index >= 15 is 0 Å². The fourth-order valence-corrected chi connectivity index (χ4v) is 5.20. The summed E-state index contributed by atoms with van der Waals surface area (Å²) in [4.78, 5) is 15.2. The van der Waals surface area contributed by atoms with Crippen LogP contribution in [0.15, 0.2) is 0 Å². The van der Waals surface area contributed by atoms with Crippen molar-refractivity contribution in [2.75, 3.05) is 19.6 Å². The van der Waals surface area contributed by atoms with E-state index in [1.807, 2.05) is 0 Å². The van der Waals surface area contributed by atoms with Crippen LogP contribution in [0.4, 0.5) is 0 Å². The van der Waals surface area contributed by atoms with Gasteiger partial charge in [-0.1, -0.05) is 20.3 Å². The van der Waals surface area contributed by atoms with Gasteiger partial charge in [-0.25, -0.2) is 0 Å². The van der Waals surface area contributed by atoms with E-state index in [2.05, 4.69) is 24.1 Å². The second-order valence-electron chi connectivity index (χ2n) is 8.63. The summed E-state index contributed by atoms with van der Waals surface area (Å²) in [5.74, 6) is 2.38. The first kappa shape index (κ1) is 20.0. The van der Waals surface area contributed by atoms with E-state index in [1.54, 1.807) is 0 Å². The lowest BCUT2D eigenvalue weighted by atomic mass is 9.65. The molecule has 2 aliphatic carbocycles. The van der Waals surface area contributed by atoms with Crippen LogP contribution in [0.1, 0.15) is 58.8 Å². The van der Waals surface area contributed by atoms with Gasteiger partial charge in [-0.15, -0.1) is 12.4 Å². The van der Waals surface area contributed by atoms with Crippen molar-refractivity contribution in [3.63, 3.8) is 0 Å². The molecule has 3 fully saturated rings. The molecule has 1 saturated heterocycles. The normalized spacial score (nSPS) is 36.4. The fraction of sp³-hybridized carbons (Fsp3) is 0.947. The van der Waals surface area contributed by atoms with Gasteiger partial charge >= 0.3 is 0 Å². The van der Waals surface area contributed by atoms with Crippen molar-refractivity contribution in [1.82, 2.24) is 10.2 Å². The van der Waals surface area contributed by atoms with Gasteiger partial charge in [-0.2, -0.15) is 0 Å². The summed E-state index contributed by atoms with van der Waals surface area (Å²) in [6, 6.07) is 0.899. The smallest absolute Gasteiger partial charge is 0.223 e. The highest BCUT2D eigenvalue weighted by Gasteiger charge is 2.40. The molecule has 2 bridgehead atoms. The molecule has 3 rings (SSSR count). The van der Waals surface area contributed by atoms with Crippen LogP contribution >= 0.6 is 12.4 Å². The lowest BCUT2D eigenvalue weighted by molar-refractivity contribution is -0.128. The SMILES string of the molecule is CC(C)CN1CCC[C@@H]1CNC(=O)C1CC2CCCC(C1)C2N.Cl. The third-order valence-electron chi connectivity index (χ3n) is 6.39. The van der Waals surface area contributed by atoms with E-state index < -0.39 is 0 Å². The Morgan fingerprint density at radius 2 is 1.83 bits per heavy atom. The van der Waals surface area contributed by atoms with E-state index in [0.717, 1.165) is 25.9 Å². The van der Waals surface area contributed by atoms with Crippen molar-refractivity contribution in [3.8, 4) is 0 Å². The van der Waals surface area contributed by atoms with Gasteiger partial charge in [0.2, 0.25) is 5.91 Å². The van der Waals surface area contributed by atoms with Crippen LogP contribution in [0, 0.1) is 23.7 Å². The van der Waals surface area contributed by atoms with Crippen LogP contribution in [0.3, 0.4) is 0 Å². The summed E-state index contributed by atoms with van der Waals surface area (Å²) in [5, 5.41) is 3.28. The second kappa shape index (κ2) is 8.86. The molecule has 3 atom stereocenters. The molecule has 3 N–H and O–H groups in total. The Morgan fingerprint density at radius 3 is 2.46 bits per heavy atom. The van der Waals surface area contributed by atoms with Crippen LogP contribution in [0.5, 0.6) is 0 Å². The van der Waals surface area contributed by atoms with Crippen LogP contribution in [-0.4, -0.2) is 42.5 Å². The average Bonchev–Trinajstić information content (AvgIpc) is 2.91. The summed E-state index contributed by atoms with van der Waals surface area (Å²) in [7, 11) is 0. The molecule has 3 aliphatic rings. The maximum absolute atomic E-state index is 12.7. The zero-order valence-corrected chi connectivity index (χ0v) is 16.2. The summed E-state index contributed by atoms with van der Waals surface area (Å²) in [6.07, 6.45) is 8.30. The Bertz CT molecular complexity index is 403. The van der Waals surface area contributed by atoms with E-state index in [9.17, 15) is 4.79 Å². The van der Waals surface area contributed by atoms with Crippen molar-refractivity contribution in [1.29, 1.82) is 0 Å². The first-order valence-corrected chi connectivity index (χ1v) is 9.82. The number of rotatable bonds is 5. The van der Waals surface area contributed by atoms with Gasteiger partial charge < -0.3 is 11.1 Å². The summed E-state index contributed by atoms with van der Waals surface area (Å²) >= 11 is 0. The minimum Gasteiger partial charge on any atom is -0.354 e. The molecule has 1 heterocycles. The van der Waals surface area contributed by atoms with Crippen molar-refractivity contribution in [2.45, 2.75) is 70.9 Å². The molecule has 0 aromatic carbocycles. The lowest BCUT2D eigenvalue weighted by Gasteiger charge is -2.43. The van der Waals surface area contributed by atoms with Crippen LogP contribution in [0.2, 0.25) is 0 Å². The number of amides is 1. The van der Waals surface area contributed by atoms with E-state index in [4.69, 9.17) is 5.73 Å². The molecule has 2 saturated carbocycles. The number of likely N-dealkylation sites (tertiary alicyclic amines) is 1. The second-order valence-corrected chi connectivity index (χ2v) is 8.63. The summed E-state index contributed by atoms with van der Waals surface area (Å²) < 4.78 is 0. The van der Waals surface area contributed by atoms with Gasteiger partial charge in [-0.3, -0.25) is 9.69 Å². The van der Waals surface area contributed by atoms with E-state index in [-0.39, 0.29) is 18.3 Å². The number of fused-ring (bicyclic) bond motifs is 2. The zero-order chi connectivity index (χ0) is 16.4. The number of hydrogen-bond acceptors (Lipinski definition) is 3. The Balaban J connectivity index is 0.00000208. The monoisotopic (exact) mass is 357 g/mol. The largest absolute Gasteiger partial charge is 0.354 e. The predicted octanol–water partition coefficient (Wildman–Crippen LogP) is 2.80. The average molecular weight is 358 g/mol. The van der Waals surface area contributed by atoms with Crippen molar-refractivity contribution in [2.24, 2.45) is 29.4 Å². The van der Waals surface area contributed by atoms with Crippen molar-refractivity contribution >= 4 is 18.3 Å². The molecule has 4 nitrogen and oxygen atoms in total. The molecule has 140 valence electrons. The Labute approximate surface area is 153 Å². The minimum absolute atomic E-state index is 0. The van der Waals surface area contributed by atoms with Gasteiger partial charge in [0, 0.05) is 31.1 Å². The predicted molar refractivity (Wildman–Crippen MR) is 101 cm³/mol. The molecule has 0 spiro atoms. The fourth-order valence-electron chi connectivity index (χ4n) is 5.20. The van der Waals surface area contributed by atoms with Gasteiger partial charge in [0.15, 0.2) is 0 Å². The molecule has 24 heavy (non-hydrogen) atoms. The topological polar surface area (TPSA) is 58.4 Å². The quantitative estimate of drug-likeness (QED) is 0.795. The number of carbonyl (C=O) groups is 1. The zero-order valence-electron chi connectivity index (χ0n) is 15.4. The Kier molecular flexibility index (Phi) is 7.39.